The van der Waals surface area contributed by atoms with Crippen LogP contribution in [0, 0.1) is 0 Å². The summed E-state index contributed by atoms with van der Waals surface area (Å²) in [7, 11) is 0. The SMILES string of the molecule is CCCCCCCC(=O)O.O=CC(O)C(O)C(O)C(O)CO. The third kappa shape index (κ3) is 12.7. The highest BCUT2D eigenvalue weighted by Crippen LogP contribution is 2.04. The van der Waals surface area contributed by atoms with E-state index in [0.29, 0.717) is 6.42 Å². The molecule has 0 aromatic carbocycles. The Kier molecular flexibility index (Phi) is 15.7. The van der Waals surface area contributed by atoms with E-state index in [1.807, 2.05) is 0 Å². The first kappa shape index (κ1) is 23.2. The summed E-state index contributed by atoms with van der Waals surface area (Å²) in [5.74, 6) is -0.670. The zero-order valence-electron chi connectivity index (χ0n) is 12.8. The third-order valence-corrected chi connectivity index (χ3v) is 2.91. The van der Waals surface area contributed by atoms with E-state index in [4.69, 9.17) is 30.6 Å². The summed E-state index contributed by atoms with van der Waals surface area (Å²) in [5.41, 5.74) is 0. The van der Waals surface area contributed by atoms with Crippen LogP contribution in [-0.2, 0) is 9.59 Å². The molecule has 0 saturated heterocycles. The van der Waals surface area contributed by atoms with E-state index in [-0.39, 0.29) is 6.29 Å². The Balaban J connectivity index is 0. The monoisotopic (exact) mass is 324 g/mol. The second-order valence-corrected chi connectivity index (χ2v) is 4.92. The molecule has 0 aliphatic carbocycles. The van der Waals surface area contributed by atoms with Crippen molar-refractivity contribution in [3.8, 4) is 0 Å². The minimum atomic E-state index is -1.79. The zero-order valence-corrected chi connectivity index (χ0v) is 12.8. The van der Waals surface area contributed by atoms with Gasteiger partial charge in [-0.1, -0.05) is 32.6 Å². The summed E-state index contributed by atoms with van der Waals surface area (Å²) in [5, 5.41) is 51.8. The van der Waals surface area contributed by atoms with Crippen LogP contribution in [0.25, 0.3) is 0 Å². The number of hydrogen-bond acceptors (Lipinski definition) is 7. The summed E-state index contributed by atoms with van der Waals surface area (Å²) < 4.78 is 0. The molecule has 0 aliphatic heterocycles. The lowest BCUT2D eigenvalue weighted by Crippen LogP contribution is -2.46. The molecule has 0 aromatic heterocycles. The van der Waals surface area contributed by atoms with Crippen LogP contribution in [0.15, 0.2) is 0 Å². The van der Waals surface area contributed by atoms with Crippen molar-refractivity contribution in [3.63, 3.8) is 0 Å². The molecule has 0 rings (SSSR count). The number of unbranched alkanes of at least 4 members (excludes halogenated alkanes) is 4. The Morgan fingerprint density at radius 2 is 1.55 bits per heavy atom. The van der Waals surface area contributed by atoms with Crippen molar-refractivity contribution in [2.75, 3.05) is 6.61 Å². The van der Waals surface area contributed by atoms with Crippen molar-refractivity contribution < 1.29 is 40.2 Å². The summed E-state index contributed by atoms with van der Waals surface area (Å²) in [6.45, 7) is 1.39. The fourth-order valence-electron chi connectivity index (χ4n) is 1.50. The number of rotatable bonds is 11. The van der Waals surface area contributed by atoms with Gasteiger partial charge in [-0.2, -0.15) is 0 Å². The standard InChI is InChI=1S/C8H16O2.C6H12O6/c1-2-3-4-5-6-7-8(9)10;7-1-3(9)5(11)6(12)4(10)2-8/h2-7H2,1H3,(H,9,10);1,3-6,8-12H,2H2. The highest BCUT2D eigenvalue weighted by molar-refractivity contribution is 5.66. The van der Waals surface area contributed by atoms with Gasteiger partial charge in [-0.05, 0) is 6.42 Å². The zero-order chi connectivity index (χ0) is 17.5. The molecule has 22 heavy (non-hydrogen) atoms. The van der Waals surface area contributed by atoms with Gasteiger partial charge < -0.3 is 35.4 Å². The van der Waals surface area contributed by atoms with Crippen molar-refractivity contribution in [2.45, 2.75) is 69.9 Å². The second kappa shape index (κ2) is 14.9. The lowest BCUT2D eigenvalue weighted by molar-refractivity contribution is -0.137. The van der Waals surface area contributed by atoms with E-state index in [9.17, 15) is 9.59 Å². The molecule has 4 unspecified atom stereocenters. The number of carbonyl (C=O) groups excluding carboxylic acids is 1. The van der Waals surface area contributed by atoms with Gasteiger partial charge in [0.1, 0.15) is 24.4 Å². The smallest absolute Gasteiger partial charge is 0.303 e. The third-order valence-electron chi connectivity index (χ3n) is 2.91. The van der Waals surface area contributed by atoms with Gasteiger partial charge in [0.2, 0.25) is 0 Å². The summed E-state index contributed by atoms with van der Waals surface area (Å²) >= 11 is 0. The quantitative estimate of drug-likeness (QED) is 0.210. The molecule has 0 amide bonds. The molecule has 8 heteroatoms. The Labute approximate surface area is 130 Å². The largest absolute Gasteiger partial charge is 0.481 e. The molecule has 0 aromatic rings. The predicted octanol–water partition coefficient (Wildman–Crippen LogP) is -0.947. The fraction of sp³-hybridized carbons (Fsp3) is 0.857. The van der Waals surface area contributed by atoms with Gasteiger partial charge >= 0.3 is 5.97 Å². The maximum absolute atomic E-state index is 10.0. The maximum atomic E-state index is 10.0. The lowest BCUT2D eigenvalue weighted by Gasteiger charge is -2.22. The van der Waals surface area contributed by atoms with E-state index in [2.05, 4.69) is 6.92 Å². The molecule has 0 aliphatic rings. The van der Waals surface area contributed by atoms with Gasteiger partial charge in [0, 0.05) is 6.42 Å². The molecule has 6 N–H and O–H groups in total. The Bertz CT molecular complexity index is 284. The normalized spacial score (nSPS) is 15.9. The molecule has 132 valence electrons. The number of aliphatic hydroxyl groups is 5. The predicted molar refractivity (Wildman–Crippen MR) is 78.2 cm³/mol. The molecule has 4 atom stereocenters. The molecular formula is C14H28O8. The van der Waals surface area contributed by atoms with Crippen LogP contribution in [0.1, 0.15) is 45.4 Å². The van der Waals surface area contributed by atoms with Gasteiger partial charge in [0.15, 0.2) is 6.29 Å². The van der Waals surface area contributed by atoms with Gasteiger partial charge in [0.25, 0.3) is 0 Å². The highest BCUT2D eigenvalue weighted by atomic mass is 16.4. The fourth-order valence-corrected chi connectivity index (χ4v) is 1.50. The average Bonchev–Trinajstić information content (AvgIpc) is 2.51. The molecule has 0 radical (unpaired) electrons. The number of aldehydes is 1. The van der Waals surface area contributed by atoms with Crippen LogP contribution < -0.4 is 0 Å². The van der Waals surface area contributed by atoms with Crippen molar-refractivity contribution in [3.05, 3.63) is 0 Å². The number of hydrogen-bond donors (Lipinski definition) is 6. The summed E-state index contributed by atoms with van der Waals surface area (Å²) in [6, 6.07) is 0. The van der Waals surface area contributed by atoms with Crippen LogP contribution in [0.2, 0.25) is 0 Å². The molecule has 0 fully saturated rings. The van der Waals surface area contributed by atoms with E-state index < -0.39 is 37.0 Å². The summed E-state index contributed by atoms with van der Waals surface area (Å²) in [6.07, 6.45) is -0.955. The molecule has 0 heterocycles. The first-order chi connectivity index (χ1) is 10.3. The van der Waals surface area contributed by atoms with E-state index in [1.165, 1.54) is 19.3 Å². The minimum Gasteiger partial charge on any atom is -0.481 e. The van der Waals surface area contributed by atoms with E-state index >= 15 is 0 Å². The van der Waals surface area contributed by atoms with Crippen molar-refractivity contribution in [2.24, 2.45) is 0 Å². The molecule has 8 nitrogen and oxygen atoms in total. The van der Waals surface area contributed by atoms with Crippen LogP contribution in [-0.4, -0.2) is 73.9 Å². The topological polar surface area (TPSA) is 156 Å². The van der Waals surface area contributed by atoms with Gasteiger partial charge in [-0.3, -0.25) is 4.79 Å². The maximum Gasteiger partial charge on any atom is 0.303 e. The van der Waals surface area contributed by atoms with Crippen LogP contribution in [0.5, 0.6) is 0 Å². The van der Waals surface area contributed by atoms with Crippen LogP contribution >= 0.6 is 0 Å². The first-order valence-electron chi connectivity index (χ1n) is 7.31. The summed E-state index contributed by atoms with van der Waals surface area (Å²) in [4.78, 5) is 19.9. The second-order valence-electron chi connectivity index (χ2n) is 4.92. The number of aliphatic hydroxyl groups excluding tert-OH is 5. The highest BCUT2D eigenvalue weighted by Gasteiger charge is 2.29. The average molecular weight is 324 g/mol. The van der Waals surface area contributed by atoms with E-state index in [1.54, 1.807) is 0 Å². The van der Waals surface area contributed by atoms with Crippen LogP contribution in [0.3, 0.4) is 0 Å². The van der Waals surface area contributed by atoms with Gasteiger partial charge in [-0.15, -0.1) is 0 Å². The van der Waals surface area contributed by atoms with Crippen molar-refractivity contribution in [1.29, 1.82) is 0 Å². The Morgan fingerprint density at radius 1 is 1.00 bits per heavy atom. The molecule has 0 spiro atoms. The Morgan fingerprint density at radius 3 is 1.95 bits per heavy atom. The van der Waals surface area contributed by atoms with Crippen molar-refractivity contribution >= 4 is 12.3 Å². The molecular weight excluding hydrogens is 296 g/mol. The number of carboxylic acids is 1. The number of carboxylic acid groups (broad SMARTS) is 1. The molecule has 0 bridgehead atoms. The minimum absolute atomic E-state index is 0.0258. The van der Waals surface area contributed by atoms with Gasteiger partial charge in [-0.25, -0.2) is 0 Å². The van der Waals surface area contributed by atoms with Gasteiger partial charge in [0.05, 0.1) is 6.61 Å². The van der Waals surface area contributed by atoms with Crippen molar-refractivity contribution in [1.82, 2.24) is 0 Å². The Hall–Kier alpha value is -1.06. The van der Waals surface area contributed by atoms with E-state index in [0.717, 1.165) is 12.8 Å². The van der Waals surface area contributed by atoms with Crippen LogP contribution in [0.4, 0.5) is 0 Å². The lowest BCUT2D eigenvalue weighted by atomic mass is 10.0. The number of carbonyl (C=O) groups is 2. The number of aliphatic carboxylic acids is 1. The molecule has 0 saturated carbocycles. The first-order valence-corrected chi connectivity index (χ1v) is 7.31.